The number of piperidine rings is 1. The van der Waals surface area contributed by atoms with Gasteiger partial charge in [0.2, 0.25) is 10.0 Å². The molecule has 0 spiro atoms. The first-order valence-corrected chi connectivity index (χ1v) is 11.7. The van der Waals surface area contributed by atoms with E-state index in [1.807, 2.05) is 30.3 Å². The van der Waals surface area contributed by atoms with Gasteiger partial charge in [0, 0.05) is 19.2 Å². The van der Waals surface area contributed by atoms with Crippen molar-refractivity contribution in [1.29, 1.82) is 0 Å². The number of rotatable bonds is 8. The minimum atomic E-state index is -3.67. The van der Waals surface area contributed by atoms with E-state index in [0.29, 0.717) is 18.8 Å². The number of hydrogen-bond acceptors (Lipinski definition) is 6. The highest BCUT2D eigenvalue weighted by atomic mass is 32.2. The highest BCUT2D eigenvalue weighted by Crippen LogP contribution is 2.30. The molecule has 2 aromatic carbocycles. The quantitative estimate of drug-likeness (QED) is 0.482. The molecule has 1 saturated heterocycles. The standard InChI is InChI=1S/C23H26N2O6S/c1-30-21-12-11-19(32(28,29)25-14-6-3-7-15-25)16-20(21)24-22(26)17-31-23(27)13-10-18-8-4-2-5-9-18/h2,4-5,8-13,16H,3,6-7,14-15,17H2,1H3,(H,24,26)/b13-10+. The summed E-state index contributed by atoms with van der Waals surface area (Å²) in [5.41, 5.74) is 1.01. The van der Waals surface area contributed by atoms with Gasteiger partial charge in [-0.2, -0.15) is 4.31 Å². The predicted molar refractivity (Wildman–Crippen MR) is 121 cm³/mol. The molecule has 1 heterocycles. The van der Waals surface area contributed by atoms with Crippen molar-refractivity contribution in [2.24, 2.45) is 0 Å². The number of carbonyl (C=O) groups is 2. The van der Waals surface area contributed by atoms with Gasteiger partial charge in [-0.05, 0) is 42.7 Å². The number of sulfonamides is 1. The van der Waals surface area contributed by atoms with Gasteiger partial charge in [0.05, 0.1) is 17.7 Å². The van der Waals surface area contributed by atoms with Crippen LogP contribution in [0.15, 0.2) is 59.5 Å². The Balaban J connectivity index is 1.64. The van der Waals surface area contributed by atoms with E-state index in [4.69, 9.17) is 9.47 Å². The normalized spacial score (nSPS) is 14.8. The highest BCUT2D eigenvalue weighted by Gasteiger charge is 2.27. The first-order valence-electron chi connectivity index (χ1n) is 10.3. The zero-order valence-electron chi connectivity index (χ0n) is 17.8. The Hall–Kier alpha value is -3.17. The van der Waals surface area contributed by atoms with Crippen molar-refractivity contribution in [3.05, 3.63) is 60.2 Å². The fourth-order valence-electron chi connectivity index (χ4n) is 3.30. The average molecular weight is 459 g/mol. The van der Waals surface area contributed by atoms with Gasteiger partial charge in [0.1, 0.15) is 5.75 Å². The van der Waals surface area contributed by atoms with Crippen molar-refractivity contribution in [1.82, 2.24) is 4.31 Å². The molecule has 9 heteroatoms. The lowest BCUT2D eigenvalue weighted by Gasteiger charge is -2.26. The van der Waals surface area contributed by atoms with E-state index in [2.05, 4.69) is 5.32 Å². The van der Waals surface area contributed by atoms with Crippen LogP contribution in [0.1, 0.15) is 24.8 Å². The fourth-order valence-corrected chi connectivity index (χ4v) is 4.84. The van der Waals surface area contributed by atoms with Crippen LogP contribution in [0.3, 0.4) is 0 Å². The predicted octanol–water partition coefficient (Wildman–Crippen LogP) is 3.06. The summed E-state index contributed by atoms with van der Waals surface area (Å²) >= 11 is 0. The molecule has 32 heavy (non-hydrogen) atoms. The Kier molecular flexibility index (Phi) is 8.02. The molecule has 0 unspecified atom stereocenters. The lowest BCUT2D eigenvalue weighted by atomic mass is 10.2. The van der Waals surface area contributed by atoms with Crippen LogP contribution < -0.4 is 10.1 Å². The maximum atomic E-state index is 12.9. The first-order chi connectivity index (χ1) is 15.4. The molecule has 3 rings (SSSR count). The van der Waals surface area contributed by atoms with Crippen LogP contribution >= 0.6 is 0 Å². The Morgan fingerprint density at radius 1 is 1.06 bits per heavy atom. The lowest BCUT2D eigenvalue weighted by Crippen LogP contribution is -2.35. The Labute approximate surface area is 187 Å². The number of nitrogens with zero attached hydrogens (tertiary/aromatic N) is 1. The summed E-state index contributed by atoms with van der Waals surface area (Å²) in [6, 6.07) is 13.5. The molecule has 0 aliphatic carbocycles. The van der Waals surface area contributed by atoms with Gasteiger partial charge < -0.3 is 14.8 Å². The van der Waals surface area contributed by atoms with Crippen LogP contribution in [0, 0.1) is 0 Å². The topological polar surface area (TPSA) is 102 Å². The first kappa shape index (κ1) is 23.5. The third-order valence-electron chi connectivity index (χ3n) is 4.95. The Morgan fingerprint density at radius 3 is 2.47 bits per heavy atom. The molecule has 1 aliphatic heterocycles. The van der Waals surface area contributed by atoms with E-state index >= 15 is 0 Å². The summed E-state index contributed by atoms with van der Waals surface area (Å²) in [7, 11) is -2.26. The molecule has 8 nitrogen and oxygen atoms in total. The number of esters is 1. The van der Waals surface area contributed by atoms with Crippen LogP contribution in [0.5, 0.6) is 5.75 Å². The van der Waals surface area contributed by atoms with E-state index in [1.165, 1.54) is 35.7 Å². The molecular formula is C23H26N2O6S. The van der Waals surface area contributed by atoms with E-state index < -0.39 is 28.5 Å². The SMILES string of the molecule is COc1ccc(S(=O)(=O)N2CCCCC2)cc1NC(=O)COC(=O)/C=C/c1ccccc1. The highest BCUT2D eigenvalue weighted by molar-refractivity contribution is 7.89. The smallest absolute Gasteiger partial charge is 0.331 e. The minimum Gasteiger partial charge on any atom is -0.495 e. The summed E-state index contributed by atoms with van der Waals surface area (Å²) < 4.78 is 37.5. The molecule has 1 N–H and O–H groups in total. The average Bonchev–Trinajstić information content (AvgIpc) is 2.82. The molecule has 0 aromatic heterocycles. The van der Waals surface area contributed by atoms with Gasteiger partial charge in [0.25, 0.3) is 5.91 Å². The number of anilines is 1. The third-order valence-corrected chi connectivity index (χ3v) is 6.85. The molecule has 2 aromatic rings. The zero-order valence-corrected chi connectivity index (χ0v) is 18.6. The molecule has 0 bridgehead atoms. The van der Waals surface area contributed by atoms with Crippen LogP contribution in [0.2, 0.25) is 0 Å². The van der Waals surface area contributed by atoms with Crippen LogP contribution in [-0.4, -0.2) is 51.4 Å². The van der Waals surface area contributed by atoms with E-state index in [0.717, 1.165) is 24.8 Å². The van der Waals surface area contributed by atoms with Crippen LogP contribution in [0.4, 0.5) is 5.69 Å². The van der Waals surface area contributed by atoms with Crippen molar-refractivity contribution >= 4 is 33.7 Å². The Bertz CT molecular complexity index is 1080. The summed E-state index contributed by atoms with van der Waals surface area (Å²) in [5.74, 6) is -0.985. The third kappa shape index (κ3) is 6.18. The summed E-state index contributed by atoms with van der Waals surface area (Å²) in [6.45, 7) is 0.426. The number of ether oxygens (including phenoxy) is 2. The molecular weight excluding hydrogens is 432 g/mol. The molecule has 1 amide bonds. The second-order valence-electron chi connectivity index (χ2n) is 7.23. The molecule has 170 valence electrons. The number of hydrogen-bond donors (Lipinski definition) is 1. The summed E-state index contributed by atoms with van der Waals surface area (Å²) in [4.78, 5) is 24.2. The number of methoxy groups -OCH3 is 1. The molecule has 1 aliphatic rings. The largest absolute Gasteiger partial charge is 0.495 e. The number of nitrogens with one attached hydrogen (secondary N) is 1. The van der Waals surface area contributed by atoms with Gasteiger partial charge in [-0.1, -0.05) is 36.8 Å². The molecule has 0 atom stereocenters. The maximum absolute atomic E-state index is 12.9. The second-order valence-corrected chi connectivity index (χ2v) is 9.16. The number of carbonyl (C=O) groups excluding carboxylic acids is 2. The van der Waals surface area contributed by atoms with Gasteiger partial charge >= 0.3 is 5.97 Å². The molecule has 0 saturated carbocycles. The van der Waals surface area contributed by atoms with Crippen molar-refractivity contribution in [2.45, 2.75) is 24.2 Å². The molecule has 0 radical (unpaired) electrons. The minimum absolute atomic E-state index is 0.0679. The summed E-state index contributed by atoms with van der Waals surface area (Å²) in [6.07, 6.45) is 5.47. The van der Waals surface area contributed by atoms with Crippen molar-refractivity contribution in [2.75, 3.05) is 32.1 Å². The number of amides is 1. The lowest BCUT2D eigenvalue weighted by molar-refractivity contribution is -0.142. The van der Waals surface area contributed by atoms with E-state index in [1.54, 1.807) is 6.08 Å². The van der Waals surface area contributed by atoms with Crippen LogP contribution in [0.25, 0.3) is 6.08 Å². The van der Waals surface area contributed by atoms with Gasteiger partial charge in [-0.25, -0.2) is 13.2 Å². The monoisotopic (exact) mass is 458 g/mol. The Morgan fingerprint density at radius 2 is 1.78 bits per heavy atom. The van der Waals surface area contributed by atoms with Crippen molar-refractivity contribution < 1.29 is 27.5 Å². The van der Waals surface area contributed by atoms with Gasteiger partial charge in [-0.15, -0.1) is 0 Å². The van der Waals surface area contributed by atoms with Crippen molar-refractivity contribution in [3.63, 3.8) is 0 Å². The molecule has 1 fully saturated rings. The van der Waals surface area contributed by atoms with Gasteiger partial charge in [0.15, 0.2) is 6.61 Å². The summed E-state index contributed by atoms with van der Waals surface area (Å²) in [5, 5.41) is 2.56. The van der Waals surface area contributed by atoms with Crippen LogP contribution in [-0.2, 0) is 24.3 Å². The maximum Gasteiger partial charge on any atom is 0.331 e. The van der Waals surface area contributed by atoms with Gasteiger partial charge in [-0.3, -0.25) is 4.79 Å². The van der Waals surface area contributed by atoms with E-state index in [9.17, 15) is 18.0 Å². The van der Waals surface area contributed by atoms with E-state index in [-0.39, 0.29) is 10.6 Å². The zero-order chi connectivity index (χ0) is 23.0. The fraction of sp³-hybridized carbons (Fsp3) is 0.304. The van der Waals surface area contributed by atoms with Crippen molar-refractivity contribution in [3.8, 4) is 5.75 Å². The second kappa shape index (κ2) is 10.9. The number of benzene rings is 2.